The second kappa shape index (κ2) is 7.57. The van der Waals surface area contributed by atoms with Crippen LogP contribution in [0.15, 0.2) is 41.8 Å². The van der Waals surface area contributed by atoms with Crippen LogP contribution in [0.1, 0.15) is 24.2 Å². The number of fused-ring (bicyclic) bond motifs is 1. The van der Waals surface area contributed by atoms with E-state index in [4.69, 9.17) is 9.47 Å². The molecular formula is C18H19N3O3S. The molecule has 130 valence electrons. The highest BCUT2D eigenvalue weighted by Gasteiger charge is 2.20. The van der Waals surface area contributed by atoms with Gasteiger partial charge in [0.05, 0.1) is 29.8 Å². The molecule has 0 bridgehead atoms. The molecule has 0 radical (unpaired) electrons. The molecule has 0 aliphatic rings. The van der Waals surface area contributed by atoms with E-state index >= 15 is 0 Å². The van der Waals surface area contributed by atoms with Crippen LogP contribution in [0.4, 0.5) is 0 Å². The lowest BCUT2D eigenvalue weighted by molar-refractivity contribution is 0.0954. The Morgan fingerprint density at radius 3 is 2.52 bits per heavy atom. The number of pyridine rings is 1. The van der Waals surface area contributed by atoms with Crippen LogP contribution in [0.5, 0.6) is 11.5 Å². The van der Waals surface area contributed by atoms with Gasteiger partial charge in [-0.25, -0.2) is 4.98 Å². The number of hydrogen-bond acceptors (Lipinski definition) is 6. The molecule has 0 fully saturated rings. The lowest BCUT2D eigenvalue weighted by atomic mass is 10.2. The molecule has 3 aromatic rings. The standard InChI is InChI=1S/C18H19N3O3S/c1-4-23-15-9-13-14(10-16(15)24-5-2)21(18(20-13)25-3)17(22)12-7-6-8-19-11-12/h6-11H,4-5H2,1-3H3. The largest absolute Gasteiger partial charge is 0.490 e. The normalized spacial score (nSPS) is 10.8. The Hall–Kier alpha value is -2.54. The number of carbonyl (C=O) groups excluding carboxylic acids is 1. The van der Waals surface area contributed by atoms with Gasteiger partial charge in [-0.05, 0) is 32.2 Å². The maximum atomic E-state index is 13.0. The van der Waals surface area contributed by atoms with Crippen LogP contribution in [0.3, 0.4) is 0 Å². The zero-order chi connectivity index (χ0) is 17.8. The fourth-order valence-electron chi connectivity index (χ4n) is 2.55. The van der Waals surface area contributed by atoms with Crippen LogP contribution in [0.2, 0.25) is 0 Å². The van der Waals surface area contributed by atoms with Crippen molar-refractivity contribution in [2.24, 2.45) is 0 Å². The van der Waals surface area contributed by atoms with Gasteiger partial charge in [0.1, 0.15) is 0 Å². The van der Waals surface area contributed by atoms with Gasteiger partial charge in [-0.1, -0.05) is 11.8 Å². The summed E-state index contributed by atoms with van der Waals surface area (Å²) >= 11 is 1.41. The van der Waals surface area contributed by atoms with Crippen LogP contribution in [0, 0.1) is 0 Å². The van der Waals surface area contributed by atoms with Crippen molar-refractivity contribution in [3.05, 3.63) is 42.2 Å². The highest BCUT2D eigenvalue weighted by Crippen LogP contribution is 2.34. The van der Waals surface area contributed by atoms with Crippen molar-refractivity contribution in [2.45, 2.75) is 19.0 Å². The fourth-order valence-corrected chi connectivity index (χ4v) is 3.10. The third-order valence-electron chi connectivity index (χ3n) is 3.58. The summed E-state index contributed by atoms with van der Waals surface area (Å²) in [5.41, 5.74) is 1.88. The summed E-state index contributed by atoms with van der Waals surface area (Å²) in [6.07, 6.45) is 5.08. The van der Waals surface area contributed by atoms with E-state index in [-0.39, 0.29) is 5.91 Å². The Labute approximate surface area is 150 Å². The van der Waals surface area contributed by atoms with E-state index < -0.39 is 0 Å². The van der Waals surface area contributed by atoms with Gasteiger partial charge in [0.2, 0.25) is 0 Å². The number of carbonyl (C=O) groups is 1. The lowest BCUT2D eigenvalue weighted by Gasteiger charge is -2.11. The van der Waals surface area contributed by atoms with Crippen LogP contribution in [0.25, 0.3) is 11.0 Å². The molecular weight excluding hydrogens is 338 g/mol. The first-order chi connectivity index (χ1) is 12.2. The average molecular weight is 357 g/mol. The molecule has 0 saturated carbocycles. The molecule has 2 aromatic heterocycles. The Morgan fingerprint density at radius 1 is 1.20 bits per heavy atom. The minimum absolute atomic E-state index is 0.174. The second-order valence-electron chi connectivity index (χ2n) is 5.13. The first-order valence-electron chi connectivity index (χ1n) is 8.00. The van der Waals surface area contributed by atoms with Crippen LogP contribution in [-0.2, 0) is 0 Å². The molecule has 0 saturated heterocycles. The van der Waals surface area contributed by atoms with Crippen molar-refractivity contribution >= 4 is 28.7 Å². The zero-order valence-corrected chi connectivity index (χ0v) is 15.2. The summed E-state index contributed by atoms with van der Waals surface area (Å²) in [5, 5.41) is 0.611. The molecule has 6 nitrogen and oxygen atoms in total. The minimum atomic E-state index is -0.174. The van der Waals surface area contributed by atoms with Crippen molar-refractivity contribution < 1.29 is 14.3 Å². The molecule has 0 amide bonds. The van der Waals surface area contributed by atoms with Crippen LogP contribution >= 0.6 is 11.8 Å². The van der Waals surface area contributed by atoms with Gasteiger partial charge < -0.3 is 9.47 Å². The molecule has 0 spiro atoms. The summed E-state index contributed by atoms with van der Waals surface area (Å²) < 4.78 is 12.9. The first-order valence-corrected chi connectivity index (χ1v) is 9.22. The Balaban J connectivity index is 2.20. The molecule has 0 unspecified atom stereocenters. The third kappa shape index (κ3) is 3.32. The van der Waals surface area contributed by atoms with Gasteiger partial charge in [0, 0.05) is 24.5 Å². The van der Waals surface area contributed by atoms with Crippen molar-refractivity contribution in [1.29, 1.82) is 0 Å². The van der Waals surface area contributed by atoms with Gasteiger partial charge in [-0.3, -0.25) is 14.3 Å². The highest BCUT2D eigenvalue weighted by atomic mass is 32.2. The fraction of sp³-hybridized carbons (Fsp3) is 0.278. The van der Waals surface area contributed by atoms with Crippen LogP contribution < -0.4 is 9.47 Å². The topological polar surface area (TPSA) is 66.2 Å². The number of rotatable bonds is 6. The SMILES string of the molecule is CCOc1cc2nc(SC)n(C(=O)c3cccnc3)c2cc1OCC. The summed E-state index contributed by atoms with van der Waals surface area (Å²) in [4.78, 5) is 21.6. The van der Waals surface area contributed by atoms with E-state index in [1.54, 1.807) is 29.1 Å². The molecule has 3 rings (SSSR count). The third-order valence-corrected chi connectivity index (χ3v) is 4.22. The predicted octanol–water partition coefficient (Wildman–Crippen LogP) is 3.64. The molecule has 7 heteroatoms. The Morgan fingerprint density at radius 2 is 1.92 bits per heavy atom. The van der Waals surface area contributed by atoms with Gasteiger partial charge >= 0.3 is 0 Å². The van der Waals surface area contributed by atoms with Crippen molar-refractivity contribution in [3.63, 3.8) is 0 Å². The van der Waals surface area contributed by atoms with E-state index in [2.05, 4.69) is 9.97 Å². The quantitative estimate of drug-likeness (QED) is 0.628. The van der Waals surface area contributed by atoms with Crippen molar-refractivity contribution in [1.82, 2.24) is 14.5 Å². The van der Waals surface area contributed by atoms with Gasteiger partial charge in [-0.15, -0.1) is 0 Å². The number of aromatic nitrogens is 3. The monoisotopic (exact) mass is 357 g/mol. The van der Waals surface area contributed by atoms with Crippen LogP contribution in [-0.4, -0.2) is 39.9 Å². The van der Waals surface area contributed by atoms with E-state index in [1.165, 1.54) is 11.8 Å². The van der Waals surface area contributed by atoms with Gasteiger partial charge in [-0.2, -0.15) is 0 Å². The van der Waals surface area contributed by atoms with E-state index in [9.17, 15) is 4.79 Å². The smallest absolute Gasteiger partial charge is 0.266 e. The molecule has 25 heavy (non-hydrogen) atoms. The number of hydrogen-bond donors (Lipinski definition) is 0. The maximum absolute atomic E-state index is 13.0. The summed E-state index contributed by atoms with van der Waals surface area (Å²) in [7, 11) is 0. The molecule has 0 aliphatic carbocycles. The summed E-state index contributed by atoms with van der Waals surface area (Å²) in [6.45, 7) is 4.85. The molecule has 1 aromatic carbocycles. The predicted molar refractivity (Wildman–Crippen MR) is 97.8 cm³/mol. The zero-order valence-electron chi connectivity index (χ0n) is 14.4. The molecule has 2 heterocycles. The average Bonchev–Trinajstić information content (AvgIpc) is 3.00. The summed E-state index contributed by atoms with van der Waals surface area (Å²) in [6, 6.07) is 7.11. The van der Waals surface area contributed by atoms with Crippen molar-refractivity contribution in [3.8, 4) is 11.5 Å². The minimum Gasteiger partial charge on any atom is -0.490 e. The second-order valence-corrected chi connectivity index (χ2v) is 5.91. The number of imidazole rings is 1. The molecule has 0 N–H and O–H groups in total. The highest BCUT2D eigenvalue weighted by molar-refractivity contribution is 7.98. The number of ether oxygens (including phenoxy) is 2. The van der Waals surface area contributed by atoms with E-state index in [1.807, 2.05) is 32.2 Å². The first kappa shape index (κ1) is 17.3. The summed E-state index contributed by atoms with van der Waals surface area (Å²) in [5.74, 6) is 1.05. The van der Waals surface area contributed by atoms with E-state index in [0.717, 1.165) is 0 Å². The number of nitrogens with zero attached hydrogens (tertiary/aromatic N) is 3. The number of thioether (sulfide) groups is 1. The van der Waals surface area contributed by atoms with E-state index in [0.29, 0.717) is 46.5 Å². The number of benzene rings is 1. The molecule has 0 atom stereocenters. The Kier molecular flexibility index (Phi) is 5.23. The van der Waals surface area contributed by atoms with Gasteiger partial charge in [0.25, 0.3) is 5.91 Å². The van der Waals surface area contributed by atoms with Gasteiger partial charge in [0.15, 0.2) is 16.7 Å². The Bertz CT molecular complexity index is 893. The maximum Gasteiger partial charge on any atom is 0.266 e. The lowest BCUT2D eigenvalue weighted by Crippen LogP contribution is -2.13. The molecule has 0 aliphatic heterocycles. The van der Waals surface area contributed by atoms with Crippen molar-refractivity contribution in [2.75, 3.05) is 19.5 Å².